The first kappa shape index (κ1) is 14.1. The maximum absolute atomic E-state index is 5.55. The minimum Gasteiger partial charge on any atom is -0.359 e. The molecule has 0 amide bonds. The highest BCUT2D eigenvalue weighted by Crippen LogP contribution is 2.20. The summed E-state index contributed by atoms with van der Waals surface area (Å²) in [5.41, 5.74) is 5.55. The molecule has 2 heterocycles. The van der Waals surface area contributed by atoms with Crippen LogP contribution in [0, 0.1) is 0 Å². The van der Waals surface area contributed by atoms with E-state index in [0.717, 1.165) is 37.7 Å². The lowest BCUT2D eigenvalue weighted by Crippen LogP contribution is -2.26. The van der Waals surface area contributed by atoms with Crippen LogP contribution in [0.1, 0.15) is 32.1 Å². The van der Waals surface area contributed by atoms with Gasteiger partial charge in [-0.2, -0.15) is 0 Å². The fourth-order valence-corrected chi connectivity index (χ4v) is 2.46. The van der Waals surface area contributed by atoms with Gasteiger partial charge in [0, 0.05) is 32.7 Å². The molecule has 2 N–H and O–H groups in total. The second-order valence-electron chi connectivity index (χ2n) is 5.20. The highest BCUT2D eigenvalue weighted by atomic mass is 15.2. The van der Waals surface area contributed by atoms with Crippen molar-refractivity contribution >= 4 is 11.6 Å². The molecule has 106 valence electrons. The number of anilines is 2. The molecule has 0 aromatic carbocycles. The molecule has 1 aliphatic rings. The molecular weight excluding hydrogens is 238 g/mol. The molecule has 2 rings (SSSR count). The van der Waals surface area contributed by atoms with Crippen molar-refractivity contribution in [2.24, 2.45) is 5.73 Å². The lowest BCUT2D eigenvalue weighted by molar-refractivity contribution is 0.726. The highest BCUT2D eigenvalue weighted by molar-refractivity contribution is 5.49. The molecule has 5 nitrogen and oxygen atoms in total. The summed E-state index contributed by atoms with van der Waals surface area (Å²) in [6, 6.07) is 2.10. The van der Waals surface area contributed by atoms with Crippen molar-refractivity contribution in [3.63, 3.8) is 0 Å². The Morgan fingerprint density at radius 2 is 1.95 bits per heavy atom. The highest BCUT2D eigenvalue weighted by Gasteiger charge is 2.12. The predicted molar refractivity (Wildman–Crippen MR) is 79.7 cm³/mol. The first-order valence-electron chi connectivity index (χ1n) is 7.29. The van der Waals surface area contributed by atoms with E-state index in [9.17, 15) is 0 Å². The van der Waals surface area contributed by atoms with Crippen molar-refractivity contribution in [1.82, 2.24) is 9.97 Å². The van der Waals surface area contributed by atoms with Crippen LogP contribution in [0.2, 0.25) is 0 Å². The largest absolute Gasteiger partial charge is 0.359 e. The topological polar surface area (TPSA) is 58.3 Å². The Bertz CT molecular complexity index is 374. The Morgan fingerprint density at radius 1 is 1.21 bits per heavy atom. The molecule has 19 heavy (non-hydrogen) atoms. The van der Waals surface area contributed by atoms with Crippen LogP contribution in [0.25, 0.3) is 0 Å². The van der Waals surface area contributed by atoms with E-state index in [-0.39, 0.29) is 0 Å². The molecule has 5 heteroatoms. The number of hydrogen-bond acceptors (Lipinski definition) is 5. The van der Waals surface area contributed by atoms with Gasteiger partial charge in [-0.1, -0.05) is 12.8 Å². The van der Waals surface area contributed by atoms with Crippen molar-refractivity contribution in [2.75, 3.05) is 43.0 Å². The van der Waals surface area contributed by atoms with Crippen LogP contribution < -0.4 is 15.5 Å². The molecule has 1 aliphatic heterocycles. The van der Waals surface area contributed by atoms with E-state index in [1.54, 1.807) is 6.33 Å². The summed E-state index contributed by atoms with van der Waals surface area (Å²) in [6.45, 7) is 3.88. The molecule has 1 aromatic rings. The summed E-state index contributed by atoms with van der Waals surface area (Å²) < 4.78 is 0. The average molecular weight is 263 g/mol. The van der Waals surface area contributed by atoms with Gasteiger partial charge >= 0.3 is 0 Å². The molecule has 0 unspecified atom stereocenters. The van der Waals surface area contributed by atoms with Gasteiger partial charge in [0.1, 0.15) is 18.0 Å². The maximum Gasteiger partial charge on any atom is 0.134 e. The standard InChI is InChI=1S/C14H25N5/c1-18(8-6-7-15)13-11-14(17-12-16-13)19-9-4-2-3-5-10-19/h11-12H,2-10,15H2,1H3. The Hall–Kier alpha value is -1.36. The number of hydrogen-bond donors (Lipinski definition) is 1. The third-order valence-electron chi connectivity index (χ3n) is 3.66. The smallest absolute Gasteiger partial charge is 0.134 e. The van der Waals surface area contributed by atoms with E-state index in [1.807, 2.05) is 0 Å². The Labute approximate surface area is 115 Å². The minimum atomic E-state index is 0.717. The minimum absolute atomic E-state index is 0.717. The third kappa shape index (κ3) is 4.06. The zero-order valence-electron chi connectivity index (χ0n) is 11.9. The molecule has 1 fully saturated rings. The fourth-order valence-electron chi connectivity index (χ4n) is 2.46. The lowest BCUT2D eigenvalue weighted by Gasteiger charge is -2.23. The van der Waals surface area contributed by atoms with Gasteiger partial charge in [-0.3, -0.25) is 0 Å². The third-order valence-corrected chi connectivity index (χ3v) is 3.66. The summed E-state index contributed by atoms with van der Waals surface area (Å²) in [5.74, 6) is 2.05. The van der Waals surface area contributed by atoms with Gasteiger partial charge in [0.15, 0.2) is 0 Å². The van der Waals surface area contributed by atoms with Crippen molar-refractivity contribution in [3.8, 4) is 0 Å². The summed E-state index contributed by atoms with van der Waals surface area (Å²) in [7, 11) is 2.06. The normalized spacial score (nSPS) is 16.2. The number of nitrogens with two attached hydrogens (primary N) is 1. The lowest BCUT2D eigenvalue weighted by atomic mass is 10.2. The zero-order chi connectivity index (χ0) is 13.5. The van der Waals surface area contributed by atoms with E-state index in [4.69, 9.17) is 5.73 Å². The average Bonchev–Trinajstić information content (AvgIpc) is 2.74. The Kier molecular flexibility index (Phi) is 5.39. The molecule has 0 spiro atoms. The fraction of sp³-hybridized carbons (Fsp3) is 0.714. The molecule has 0 saturated carbocycles. The quantitative estimate of drug-likeness (QED) is 0.875. The van der Waals surface area contributed by atoms with Crippen molar-refractivity contribution < 1.29 is 0 Å². The summed E-state index contributed by atoms with van der Waals surface area (Å²) >= 11 is 0. The van der Waals surface area contributed by atoms with E-state index in [0.29, 0.717) is 6.54 Å². The SMILES string of the molecule is CN(CCCN)c1cc(N2CCCCCC2)ncn1. The van der Waals surface area contributed by atoms with Crippen molar-refractivity contribution in [1.29, 1.82) is 0 Å². The molecule has 0 atom stereocenters. The Balaban J connectivity index is 2.04. The van der Waals surface area contributed by atoms with Gasteiger partial charge in [0.05, 0.1) is 0 Å². The van der Waals surface area contributed by atoms with Crippen LogP contribution in [-0.2, 0) is 0 Å². The van der Waals surface area contributed by atoms with Gasteiger partial charge in [-0.15, -0.1) is 0 Å². The van der Waals surface area contributed by atoms with Gasteiger partial charge in [-0.25, -0.2) is 9.97 Å². The van der Waals surface area contributed by atoms with E-state index >= 15 is 0 Å². The van der Waals surface area contributed by atoms with Crippen LogP contribution in [0.5, 0.6) is 0 Å². The monoisotopic (exact) mass is 263 g/mol. The van der Waals surface area contributed by atoms with Gasteiger partial charge in [-0.05, 0) is 25.8 Å². The molecule has 0 bridgehead atoms. The predicted octanol–water partition coefficient (Wildman–Crippen LogP) is 1.64. The van der Waals surface area contributed by atoms with Crippen molar-refractivity contribution in [2.45, 2.75) is 32.1 Å². The van der Waals surface area contributed by atoms with Gasteiger partial charge in [0.2, 0.25) is 0 Å². The number of nitrogens with zero attached hydrogens (tertiary/aromatic N) is 4. The van der Waals surface area contributed by atoms with Crippen LogP contribution in [0.4, 0.5) is 11.6 Å². The first-order chi connectivity index (χ1) is 9.31. The zero-order valence-corrected chi connectivity index (χ0v) is 11.9. The van der Waals surface area contributed by atoms with Crippen molar-refractivity contribution in [3.05, 3.63) is 12.4 Å². The van der Waals surface area contributed by atoms with Gasteiger partial charge in [0.25, 0.3) is 0 Å². The summed E-state index contributed by atoms with van der Waals surface area (Å²) in [5, 5.41) is 0. The van der Waals surface area contributed by atoms with Crippen LogP contribution in [0.3, 0.4) is 0 Å². The molecule has 1 aromatic heterocycles. The molecular formula is C14H25N5. The Morgan fingerprint density at radius 3 is 2.63 bits per heavy atom. The second kappa shape index (κ2) is 7.28. The summed E-state index contributed by atoms with van der Waals surface area (Å²) in [4.78, 5) is 13.3. The van der Waals surface area contributed by atoms with Gasteiger partial charge < -0.3 is 15.5 Å². The van der Waals surface area contributed by atoms with Crippen LogP contribution in [-0.4, -0.2) is 43.2 Å². The first-order valence-corrected chi connectivity index (χ1v) is 7.29. The summed E-state index contributed by atoms with van der Waals surface area (Å²) in [6.07, 6.45) is 7.87. The number of aromatic nitrogens is 2. The molecule has 0 radical (unpaired) electrons. The van der Waals surface area contributed by atoms with E-state index in [2.05, 4.69) is 32.9 Å². The molecule has 1 saturated heterocycles. The van der Waals surface area contributed by atoms with Crippen LogP contribution in [0.15, 0.2) is 12.4 Å². The van der Waals surface area contributed by atoms with Crippen LogP contribution >= 0.6 is 0 Å². The second-order valence-corrected chi connectivity index (χ2v) is 5.20. The molecule has 0 aliphatic carbocycles. The number of rotatable bonds is 5. The maximum atomic E-state index is 5.55. The van der Waals surface area contributed by atoms with E-state index < -0.39 is 0 Å². The van der Waals surface area contributed by atoms with E-state index in [1.165, 1.54) is 25.7 Å².